The van der Waals surface area contributed by atoms with Crippen molar-refractivity contribution in [3.63, 3.8) is 0 Å². The number of benzene rings is 7. The molecule has 3 nitrogen and oxygen atoms in total. The van der Waals surface area contributed by atoms with Crippen molar-refractivity contribution in [2.24, 2.45) is 0 Å². The van der Waals surface area contributed by atoms with E-state index in [0.717, 1.165) is 43.6 Å². The Kier molecular flexibility index (Phi) is 6.39. The lowest BCUT2D eigenvalue weighted by molar-refractivity contribution is 0.350. The summed E-state index contributed by atoms with van der Waals surface area (Å²) < 4.78 is 25.5. The minimum absolute atomic E-state index is 0.179. The Labute approximate surface area is 243 Å². The van der Waals surface area contributed by atoms with Gasteiger partial charge in [0, 0.05) is 16.9 Å². The van der Waals surface area contributed by atoms with Crippen LogP contribution in [0.15, 0.2) is 115 Å². The van der Waals surface area contributed by atoms with Crippen molar-refractivity contribution in [2.45, 2.75) is 12.3 Å². The number of methoxy groups -OCH3 is 2. The van der Waals surface area contributed by atoms with Crippen LogP contribution in [0.25, 0.3) is 43.1 Å². The van der Waals surface area contributed by atoms with Gasteiger partial charge in [0.25, 0.3) is 0 Å². The predicted octanol–water partition coefficient (Wildman–Crippen LogP) is 9.54. The summed E-state index contributed by atoms with van der Waals surface area (Å²) in [5, 5.41) is 19.8. The molecule has 7 rings (SSSR count). The van der Waals surface area contributed by atoms with Crippen LogP contribution in [0.3, 0.4) is 0 Å². The zero-order valence-electron chi connectivity index (χ0n) is 23.4. The molecule has 0 radical (unpaired) electrons. The van der Waals surface area contributed by atoms with Crippen molar-refractivity contribution in [1.29, 1.82) is 0 Å². The van der Waals surface area contributed by atoms with Gasteiger partial charge in [0.15, 0.2) is 11.5 Å². The summed E-state index contributed by atoms with van der Waals surface area (Å²) in [5.74, 6) is 1.08. The van der Waals surface area contributed by atoms with Crippen molar-refractivity contribution in [1.82, 2.24) is 0 Å². The molecule has 0 aliphatic rings. The Morgan fingerprint density at radius 1 is 0.595 bits per heavy atom. The van der Waals surface area contributed by atoms with Gasteiger partial charge in [0.1, 0.15) is 11.6 Å². The van der Waals surface area contributed by atoms with E-state index in [4.69, 9.17) is 9.47 Å². The van der Waals surface area contributed by atoms with Gasteiger partial charge in [0.05, 0.1) is 14.2 Å². The largest absolute Gasteiger partial charge is 0.507 e. The number of phenolic OH excluding ortho intramolecular Hbond substituents is 1. The molecule has 0 saturated heterocycles. The van der Waals surface area contributed by atoms with E-state index in [-0.39, 0.29) is 17.5 Å². The van der Waals surface area contributed by atoms with E-state index in [1.807, 2.05) is 36.4 Å². The van der Waals surface area contributed by atoms with Crippen LogP contribution in [-0.2, 0) is 6.42 Å². The highest BCUT2D eigenvalue weighted by molar-refractivity contribution is 6.23. The van der Waals surface area contributed by atoms with Crippen LogP contribution in [0.4, 0.5) is 4.39 Å². The van der Waals surface area contributed by atoms with Gasteiger partial charge in [-0.25, -0.2) is 4.39 Å². The molecule has 1 N–H and O–H groups in total. The Balaban J connectivity index is 1.55. The minimum atomic E-state index is -0.269. The fraction of sp³-hybridized carbons (Fsp3) is 0.105. The third-order valence-electron chi connectivity index (χ3n) is 8.45. The maximum atomic E-state index is 13.9. The molecule has 0 fully saturated rings. The summed E-state index contributed by atoms with van der Waals surface area (Å²) >= 11 is 0. The van der Waals surface area contributed by atoms with Crippen molar-refractivity contribution in [3.8, 4) is 17.2 Å². The summed E-state index contributed by atoms with van der Waals surface area (Å²) in [6.45, 7) is 0. The maximum absolute atomic E-state index is 13.9. The number of rotatable bonds is 6. The number of fused-ring (bicyclic) bond motifs is 7. The fourth-order valence-electron chi connectivity index (χ4n) is 6.49. The van der Waals surface area contributed by atoms with E-state index in [9.17, 15) is 9.50 Å². The molecule has 206 valence electrons. The van der Waals surface area contributed by atoms with Crippen molar-refractivity contribution in [3.05, 3.63) is 138 Å². The number of phenols is 1. The van der Waals surface area contributed by atoms with Crippen molar-refractivity contribution in [2.75, 3.05) is 14.2 Å². The molecule has 0 aliphatic heterocycles. The molecule has 0 spiro atoms. The molecule has 0 bridgehead atoms. The van der Waals surface area contributed by atoms with Gasteiger partial charge in [-0.15, -0.1) is 0 Å². The van der Waals surface area contributed by atoms with Crippen LogP contribution in [0.5, 0.6) is 17.2 Å². The molecular formula is C38H29FO3. The van der Waals surface area contributed by atoms with Gasteiger partial charge in [-0.2, -0.15) is 0 Å². The number of aromatic hydroxyl groups is 1. The summed E-state index contributed by atoms with van der Waals surface area (Å²) in [7, 11) is 3.28. The van der Waals surface area contributed by atoms with Crippen LogP contribution in [0.1, 0.15) is 22.6 Å². The Morgan fingerprint density at radius 3 is 2.07 bits per heavy atom. The van der Waals surface area contributed by atoms with E-state index < -0.39 is 0 Å². The number of ether oxygens (including phenoxy) is 2. The molecule has 4 heteroatoms. The fourth-order valence-corrected chi connectivity index (χ4v) is 6.49. The van der Waals surface area contributed by atoms with E-state index in [1.54, 1.807) is 20.3 Å². The van der Waals surface area contributed by atoms with Crippen LogP contribution in [0, 0.1) is 5.82 Å². The summed E-state index contributed by atoms with van der Waals surface area (Å²) in [6, 6.07) is 37.6. The lowest BCUT2D eigenvalue weighted by Gasteiger charge is -2.24. The molecular weight excluding hydrogens is 523 g/mol. The van der Waals surface area contributed by atoms with Crippen LogP contribution < -0.4 is 9.47 Å². The zero-order chi connectivity index (χ0) is 28.8. The number of hydrogen-bond acceptors (Lipinski definition) is 3. The van der Waals surface area contributed by atoms with Gasteiger partial charge in [-0.3, -0.25) is 0 Å². The lowest BCUT2D eigenvalue weighted by atomic mass is 9.81. The van der Waals surface area contributed by atoms with Gasteiger partial charge in [-0.1, -0.05) is 84.9 Å². The van der Waals surface area contributed by atoms with Gasteiger partial charge in [0.2, 0.25) is 0 Å². The van der Waals surface area contributed by atoms with E-state index in [1.165, 1.54) is 28.3 Å². The average Bonchev–Trinajstić information content (AvgIpc) is 3.04. The van der Waals surface area contributed by atoms with Crippen LogP contribution in [-0.4, -0.2) is 19.3 Å². The second-order valence-corrected chi connectivity index (χ2v) is 10.7. The van der Waals surface area contributed by atoms with Crippen LogP contribution in [0.2, 0.25) is 0 Å². The number of halogens is 1. The van der Waals surface area contributed by atoms with Crippen LogP contribution >= 0.6 is 0 Å². The second kappa shape index (κ2) is 10.4. The highest BCUT2D eigenvalue weighted by Gasteiger charge is 2.25. The van der Waals surface area contributed by atoms with Gasteiger partial charge in [-0.05, 0) is 85.6 Å². The lowest BCUT2D eigenvalue weighted by Crippen LogP contribution is -2.09. The monoisotopic (exact) mass is 552 g/mol. The number of para-hydroxylation sites is 1. The Hall–Kier alpha value is -5.09. The van der Waals surface area contributed by atoms with E-state index in [0.29, 0.717) is 17.9 Å². The topological polar surface area (TPSA) is 38.7 Å². The molecule has 42 heavy (non-hydrogen) atoms. The molecule has 0 amide bonds. The second-order valence-electron chi connectivity index (χ2n) is 10.7. The van der Waals surface area contributed by atoms with E-state index >= 15 is 0 Å². The molecule has 0 aromatic heterocycles. The first kappa shape index (κ1) is 25.8. The summed E-state index contributed by atoms with van der Waals surface area (Å²) in [5.41, 5.74) is 2.99. The van der Waals surface area contributed by atoms with Crippen molar-refractivity contribution >= 4 is 43.1 Å². The SMILES string of the molecule is COc1cccc(C(Cc2ccc(F)cc2)c2ccc(O)c3ccc4c5ccc6ccccc6c5ccc4c23)c1OC. The average molecular weight is 553 g/mol. The third-order valence-corrected chi connectivity index (χ3v) is 8.45. The highest BCUT2D eigenvalue weighted by Crippen LogP contribution is 2.46. The molecule has 0 heterocycles. The van der Waals surface area contributed by atoms with E-state index in [2.05, 4.69) is 60.7 Å². The molecule has 0 saturated carbocycles. The maximum Gasteiger partial charge on any atom is 0.164 e. The minimum Gasteiger partial charge on any atom is -0.507 e. The first-order chi connectivity index (χ1) is 20.6. The van der Waals surface area contributed by atoms with Crippen molar-refractivity contribution < 1.29 is 19.0 Å². The Morgan fingerprint density at radius 2 is 1.29 bits per heavy atom. The molecule has 7 aromatic rings. The normalized spacial score (nSPS) is 12.3. The molecule has 1 unspecified atom stereocenters. The highest BCUT2D eigenvalue weighted by atomic mass is 19.1. The Bertz CT molecular complexity index is 2120. The molecule has 7 aromatic carbocycles. The summed E-state index contributed by atoms with van der Waals surface area (Å²) in [6.07, 6.45) is 0.596. The first-order valence-electron chi connectivity index (χ1n) is 14.0. The standard InChI is InChI=1S/C38H29FO3/c1-41-36-9-5-8-32(38(36)42-2)34(22-23-10-13-25(39)14-11-23)31-20-21-35(40)33-19-17-29-28-15-12-24-6-3-4-7-26(24)27(28)16-18-30(29)37(31)33/h3-21,34,40H,22H2,1-2H3. The van der Waals surface area contributed by atoms with Gasteiger partial charge >= 0.3 is 0 Å². The molecule has 0 aliphatic carbocycles. The predicted molar refractivity (Wildman–Crippen MR) is 170 cm³/mol. The third kappa shape index (κ3) is 4.19. The quantitative estimate of drug-likeness (QED) is 0.209. The van der Waals surface area contributed by atoms with Gasteiger partial charge < -0.3 is 14.6 Å². The molecule has 1 atom stereocenters. The zero-order valence-corrected chi connectivity index (χ0v) is 23.4. The summed E-state index contributed by atoms with van der Waals surface area (Å²) in [4.78, 5) is 0. The smallest absolute Gasteiger partial charge is 0.164 e. The first-order valence-corrected chi connectivity index (χ1v) is 14.0. The number of hydrogen-bond donors (Lipinski definition) is 1.